The number of hydrogen-bond acceptors (Lipinski definition) is 4. The fourth-order valence-electron chi connectivity index (χ4n) is 2.06. The van der Waals surface area contributed by atoms with Crippen LogP contribution in [0.15, 0.2) is 42.5 Å². The fourth-order valence-corrected chi connectivity index (χ4v) is 2.06. The van der Waals surface area contributed by atoms with Crippen LogP contribution in [0.1, 0.15) is 22.8 Å². The molecule has 4 nitrogen and oxygen atoms in total. The van der Waals surface area contributed by atoms with Crippen LogP contribution in [0, 0.1) is 11.6 Å². The Morgan fingerprint density at radius 1 is 1.17 bits per heavy atom. The maximum absolute atomic E-state index is 13.4. The zero-order valence-electron chi connectivity index (χ0n) is 13.2. The van der Waals surface area contributed by atoms with Crippen LogP contribution in [0.3, 0.4) is 0 Å². The largest absolute Gasteiger partial charge is 0.490 e. The number of ether oxygens (including phenoxy) is 2. The molecule has 6 heteroatoms. The van der Waals surface area contributed by atoms with Crippen molar-refractivity contribution >= 4 is 5.78 Å². The molecule has 0 spiro atoms. The van der Waals surface area contributed by atoms with E-state index in [2.05, 4.69) is 0 Å². The second-order valence-electron chi connectivity index (χ2n) is 5.27. The number of Topliss-reactive ketones (excluding diaryl/α,β-unsaturated/α-hetero) is 1. The smallest absolute Gasteiger partial charge is 0.163 e. The lowest BCUT2D eigenvalue weighted by atomic mass is 10.1. The molecule has 0 aliphatic heterocycles. The SMILES string of the molecule is CC(=O)c1cc(F)ccc1OCC(O)COCc1ccccc1F. The Morgan fingerprint density at radius 3 is 2.62 bits per heavy atom. The van der Waals surface area contributed by atoms with Gasteiger partial charge in [-0.2, -0.15) is 0 Å². The van der Waals surface area contributed by atoms with E-state index >= 15 is 0 Å². The van der Waals surface area contributed by atoms with E-state index in [0.29, 0.717) is 5.56 Å². The van der Waals surface area contributed by atoms with Gasteiger partial charge in [-0.25, -0.2) is 8.78 Å². The maximum Gasteiger partial charge on any atom is 0.163 e. The van der Waals surface area contributed by atoms with Crippen molar-refractivity contribution < 1.29 is 28.2 Å². The van der Waals surface area contributed by atoms with Crippen molar-refractivity contribution in [1.82, 2.24) is 0 Å². The molecule has 2 aromatic carbocycles. The molecule has 0 saturated heterocycles. The lowest BCUT2D eigenvalue weighted by molar-refractivity contribution is 0.00462. The van der Waals surface area contributed by atoms with Crippen molar-refractivity contribution in [2.24, 2.45) is 0 Å². The van der Waals surface area contributed by atoms with E-state index in [-0.39, 0.29) is 42.7 Å². The summed E-state index contributed by atoms with van der Waals surface area (Å²) in [6, 6.07) is 9.78. The Hall–Kier alpha value is -2.31. The van der Waals surface area contributed by atoms with Crippen LogP contribution in [0.25, 0.3) is 0 Å². The van der Waals surface area contributed by atoms with Gasteiger partial charge in [-0.15, -0.1) is 0 Å². The molecule has 24 heavy (non-hydrogen) atoms. The van der Waals surface area contributed by atoms with Gasteiger partial charge >= 0.3 is 0 Å². The number of rotatable bonds is 8. The number of halogens is 2. The highest BCUT2D eigenvalue weighted by Crippen LogP contribution is 2.20. The van der Waals surface area contributed by atoms with Crippen molar-refractivity contribution in [3.8, 4) is 5.75 Å². The van der Waals surface area contributed by atoms with Gasteiger partial charge in [0.2, 0.25) is 0 Å². The Balaban J connectivity index is 1.82. The first-order chi connectivity index (χ1) is 11.5. The van der Waals surface area contributed by atoms with Gasteiger partial charge in [0.05, 0.1) is 18.8 Å². The third kappa shape index (κ3) is 5.11. The molecule has 1 N–H and O–H groups in total. The monoisotopic (exact) mass is 336 g/mol. The van der Waals surface area contributed by atoms with Gasteiger partial charge in [-0.1, -0.05) is 18.2 Å². The first kappa shape index (κ1) is 18.0. The molecule has 2 aromatic rings. The predicted octanol–water partition coefficient (Wildman–Crippen LogP) is 3.12. The van der Waals surface area contributed by atoms with Crippen molar-refractivity contribution in [3.63, 3.8) is 0 Å². The summed E-state index contributed by atoms with van der Waals surface area (Å²) in [5, 5.41) is 9.84. The minimum Gasteiger partial charge on any atom is -0.490 e. The molecule has 0 aromatic heterocycles. The Bertz CT molecular complexity index is 703. The number of benzene rings is 2. The minimum atomic E-state index is -0.971. The molecule has 0 bridgehead atoms. The van der Waals surface area contributed by atoms with Crippen molar-refractivity contribution in [1.29, 1.82) is 0 Å². The minimum absolute atomic E-state index is 0.0268. The third-order valence-corrected chi connectivity index (χ3v) is 3.28. The summed E-state index contributed by atoms with van der Waals surface area (Å²) in [6.45, 7) is 1.13. The summed E-state index contributed by atoms with van der Waals surface area (Å²) in [7, 11) is 0. The zero-order valence-corrected chi connectivity index (χ0v) is 13.2. The van der Waals surface area contributed by atoms with Crippen LogP contribution in [0.4, 0.5) is 8.78 Å². The van der Waals surface area contributed by atoms with Gasteiger partial charge in [-0.05, 0) is 31.2 Å². The molecule has 0 fully saturated rings. The fraction of sp³-hybridized carbons (Fsp3) is 0.278. The average molecular weight is 336 g/mol. The molecule has 128 valence electrons. The van der Waals surface area contributed by atoms with Gasteiger partial charge in [0.1, 0.15) is 30.1 Å². The van der Waals surface area contributed by atoms with Gasteiger partial charge < -0.3 is 14.6 Å². The van der Waals surface area contributed by atoms with E-state index in [1.807, 2.05) is 0 Å². The average Bonchev–Trinajstić information content (AvgIpc) is 2.55. The summed E-state index contributed by atoms with van der Waals surface area (Å²) < 4.78 is 37.2. The first-order valence-electron chi connectivity index (χ1n) is 7.40. The summed E-state index contributed by atoms with van der Waals surface area (Å²) in [5.74, 6) is -1.06. The van der Waals surface area contributed by atoms with E-state index in [1.54, 1.807) is 18.2 Å². The highest BCUT2D eigenvalue weighted by Gasteiger charge is 2.12. The lowest BCUT2D eigenvalue weighted by Crippen LogP contribution is -2.24. The summed E-state index contributed by atoms with van der Waals surface area (Å²) in [6.07, 6.45) is -0.971. The second kappa shape index (κ2) is 8.52. The van der Waals surface area contributed by atoms with E-state index in [9.17, 15) is 18.7 Å². The second-order valence-corrected chi connectivity index (χ2v) is 5.27. The van der Waals surface area contributed by atoms with Crippen molar-refractivity contribution in [2.75, 3.05) is 13.2 Å². The molecule has 0 radical (unpaired) electrons. The van der Waals surface area contributed by atoms with Gasteiger partial charge in [-0.3, -0.25) is 4.79 Å². The van der Waals surface area contributed by atoms with E-state index in [0.717, 1.165) is 6.07 Å². The highest BCUT2D eigenvalue weighted by atomic mass is 19.1. The summed E-state index contributed by atoms with van der Waals surface area (Å²) >= 11 is 0. The van der Waals surface area contributed by atoms with Gasteiger partial charge in [0.25, 0.3) is 0 Å². The van der Waals surface area contributed by atoms with Crippen LogP contribution < -0.4 is 4.74 Å². The number of carbonyl (C=O) groups excluding carboxylic acids is 1. The number of carbonyl (C=O) groups is 1. The first-order valence-corrected chi connectivity index (χ1v) is 7.40. The number of hydrogen-bond donors (Lipinski definition) is 1. The van der Waals surface area contributed by atoms with Crippen LogP contribution in [0.5, 0.6) is 5.75 Å². The summed E-state index contributed by atoms with van der Waals surface area (Å²) in [5.41, 5.74) is 0.498. The molecule has 0 saturated carbocycles. The van der Waals surface area contributed by atoms with E-state index in [1.165, 1.54) is 25.1 Å². The standard InChI is InChI=1S/C18H18F2O4/c1-12(21)16-8-14(19)6-7-18(16)24-11-15(22)10-23-9-13-4-2-3-5-17(13)20/h2-8,15,22H,9-11H2,1H3. The molecule has 0 heterocycles. The quantitative estimate of drug-likeness (QED) is 0.753. The zero-order chi connectivity index (χ0) is 17.5. The molecule has 2 rings (SSSR count). The predicted molar refractivity (Wildman–Crippen MR) is 84.0 cm³/mol. The van der Waals surface area contributed by atoms with Crippen LogP contribution >= 0.6 is 0 Å². The van der Waals surface area contributed by atoms with Crippen LogP contribution in [0.2, 0.25) is 0 Å². The molecule has 1 unspecified atom stereocenters. The Kier molecular flexibility index (Phi) is 6.40. The Morgan fingerprint density at radius 2 is 1.92 bits per heavy atom. The van der Waals surface area contributed by atoms with Crippen LogP contribution in [-0.2, 0) is 11.3 Å². The van der Waals surface area contributed by atoms with Crippen molar-refractivity contribution in [2.45, 2.75) is 19.6 Å². The molecule has 0 aliphatic rings. The Labute approximate surface area is 138 Å². The van der Waals surface area contributed by atoms with Gasteiger partial charge in [0.15, 0.2) is 5.78 Å². The molecular formula is C18H18F2O4. The molecular weight excluding hydrogens is 318 g/mol. The number of aliphatic hydroxyl groups excluding tert-OH is 1. The van der Waals surface area contributed by atoms with Crippen molar-refractivity contribution in [3.05, 3.63) is 65.2 Å². The number of ketones is 1. The maximum atomic E-state index is 13.4. The normalized spacial score (nSPS) is 12.0. The molecule has 0 amide bonds. The number of aliphatic hydroxyl groups is 1. The third-order valence-electron chi connectivity index (χ3n) is 3.28. The van der Waals surface area contributed by atoms with Gasteiger partial charge in [0, 0.05) is 5.56 Å². The van der Waals surface area contributed by atoms with Crippen LogP contribution in [-0.4, -0.2) is 30.2 Å². The lowest BCUT2D eigenvalue weighted by Gasteiger charge is -2.14. The van der Waals surface area contributed by atoms with E-state index in [4.69, 9.17) is 9.47 Å². The van der Waals surface area contributed by atoms with E-state index < -0.39 is 11.9 Å². The summed E-state index contributed by atoms with van der Waals surface area (Å²) in [4.78, 5) is 11.5. The molecule has 0 aliphatic carbocycles. The highest BCUT2D eigenvalue weighted by molar-refractivity contribution is 5.96. The molecule has 1 atom stereocenters. The topological polar surface area (TPSA) is 55.8 Å².